The third-order valence-corrected chi connectivity index (χ3v) is 4.70. The fraction of sp³-hybridized carbons (Fsp3) is 0.278. The minimum atomic E-state index is -0.387. The number of anilines is 1. The van der Waals surface area contributed by atoms with Crippen LogP contribution in [0.2, 0.25) is 0 Å². The molecule has 25 heavy (non-hydrogen) atoms. The van der Waals surface area contributed by atoms with Crippen LogP contribution in [0.25, 0.3) is 0 Å². The Hall–Kier alpha value is -2.85. The first-order chi connectivity index (χ1) is 11.8. The highest BCUT2D eigenvalue weighted by molar-refractivity contribution is 7.18. The average molecular weight is 357 g/mol. The molecule has 0 fully saturated rings. The minimum Gasteiger partial charge on any atom is -0.484 e. The zero-order valence-corrected chi connectivity index (χ0v) is 15.4. The Balaban J connectivity index is 2.10. The number of aryl methyl sites for hydroxylation is 1. The number of hydrogen-bond donors (Lipinski definition) is 1. The highest BCUT2D eigenvalue weighted by Crippen LogP contribution is 2.33. The van der Waals surface area contributed by atoms with Gasteiger partial charge in [0.15, 0.2) is 6.61 Å². The highest BCUT2D eigenvalue weighted by atomic mass is 32.1. The number of ether oxygens (including phenoxy) is 1. The molecule has 2 amide bonds. The van der Waals surface area contributed by atoms with Crippen LogP contribution in [0.1, 0.15) is 26.4 Å². The first kappa shape index (κ1) is 18.5. The first-order valence-electron chi connectivity index (χ1n) is 7.58. The van der Waals surface area contributed by atoms with Crippen LogP contribution in [-0.2, 0) is 4.79 Å². The van der Waals surface area contributed by atoms with E-state index in [2.05, 4.69) is 5.32 Å². The summed E-state index contributed by atoms with van der Waals surface area (Å²) in [5.41, 5.74) is 1.97. The number of carbonyl (C=O) groups is 2. The molecule has 0 radical (unpaired) electrons. The van der Waals surface area contributed by atoms with E-state index in [1.165, 1.54) is 4.90 Å². The fourth-order valence-electron chi connectivity index (χ4n) is 2.09. The van der Waals surface area contributed by atoms with Crippen LogP contribution >= 0.6 is 11.3 Å². The molecule has 2 aromatic rings. The molecule has 0 atom stereocenters. The Morgan fingerprint density at radius 1 is 1.24 bits per heavy atom. The van der Waals surface area contributed by atoms with Crippen LogP contribution in [0.15, 0.2) is 24.3 Å². The van der Waals surface area contributed by atoms with Crippen LogP contribution in [-0.4, -0.2) is 37.4 Å². The van der Waals surface area contributed by atoms with Crippen molar-refractivity contribution in [2.24, 2.45) is 0 Å². The molecular weight excluding hydrogens is 338 g/mol. The van der Waals surface area contributed by atoms with E-state index in [1.54, 1.807) is 33.2 Å². The number of benzene rings is 1. The third-order valence-electron chi connectivity index (χ3n) is 3.50. The number of nitrogens with one attached hydrogen (secondary N) is 1. The van der Waals surface area contributed by atoms with Gasteiger partial charge in [0, 0.05) is 14.1 Å². The van der Waals surface area contributed by atoms with Crippen LogP contribution in [0, 0.1) is 25.2 Å². The topological polar surface area (TPSA) is 82.4 Å². The third kappa shape index (κ3) is 4.37. The molecular formula is C18H19N3O3S. The largest absolute Gasteiger partial charge is 0.484 e. The van der Waals surface area contributed by atoms with Crippen molar-refractivity contribution in [1.82, 2.24) is 4.90 Å². The number of hydrogen-bond acceptors (Lipinski definition) is 5. The Kier molecular flexibility index (Phi) is 5.78. The van der Waals surface area contributed by atoms with Crippen molar-refractivity contribution in [3.63, 3.8) is 0 Å². The Labute approximate surface area is 150 Å². The minimum absolute atomic E-state index is 0.179. The number of carbonyl (C=O) groups excluding carboxylic acids is 2. The van der Waals surface area contributed by atoms with Gasteiger partial charge in [0.2, 0.25) is 0 Å². The molecule has 1 aromatic heterocycles. The summed E-state index contributed by atoms with van der Waals surface area (Å²) in [6, 6.07) is 9.40. The van der Waals surface area contributed by atoms with E-state index >= 15 is 0 Å². The van der Waals surface area contributed by atoms with Gasteiger partial charge in [-0.2, -0.15) is 5.26 Å². The zero-order valence-electron chi connectivity index (χ0n) is 14.5. The van der Waals surface area contributed by atoms with Crippen LogP contribution < -0.4 is 10.1 Å². The number of rotatable bonds is 5. The Bertz CT molecular complexity index is 832. The van der Waals surface area contributed by atoms with E-state index in [-0.39, 0.29) is 18.4 Å². The van der Waals surface area contributed by atoms with E-state index in [9.17, 15) is 14.9 Å². The van der Waals surface area contributed by atoms with Gasteiger partial charge in [-0.25, -0.2) is 0 Å². The van der Waals surface area contributed by atoms with Gasteiger partial charge < -0.3 is 15.0 Å². The summed E-state index contributed by atoms with van der Waals surface area (Å²) in [4.78, 5) is 26.1. The van der Waals surface area contributed by atoms with Crippen molar-refractivity contribution < 1.29 is 14.3 Å². The van der Waals surface area contributed by atoms with Crippen molar-refractivity contribution in [3.8, 4) is 11.8 Å². The van der Waals surface area contributed by atoms with Crippen LogP contribution in [0.5, 0.6) is 5.75 Å². The maximum atomic E-state index is 12.2. The second-order valence-electron chi connectivity index (χ2n) is 5.72. The van der Waals surface area contributed by atoms with Gasteiger partial charge in [-0.05, 0) is 31.5 Å². The van der Waals surface area contributed by atoms with Crippen molar-refractivity contribution >= 4 is 28.2 Å². The molecule has 0 unspecified atom stereocenters. The number of amides is 2. The summed E-state index contributed by atoms with van der Waals surface area (Å²) in [5.74, 6) is 0.00433. The predicted molar refractivity (Wildman–Crippen MR) is 97.1 cm³/mol. The van der Waals surface area contributed by atoms with E-state index in [0.29, 0.717) is 26.8 Å². The molecule has 130 valence electrons. The lowest BCUT2D eigenvalue weighted by Gasteiger charge is -2.08. The monoisotopic (exact) mass is 357 g/mol. The lowest BCUT2D eigenvalue weighted by molar-refractivity contribution is -0.118. The van der Waals surface area contributed by atoms with Gasteiger partial charge in [-0.3, -0.25) is 9.59 Å². The van der Waals surface area contributed by atoms with Gasteiger partial charge in [0.1, 0.15) is 16.8 Å². The lowest BCUT2D eigenvalue weighted by Crippen LogP contribution is -2.21. The quantitative estimate of drug-likeness (QED) is 0.892. The maximum absolute atomic E-state index is 12.2. The van der Waals surface area contributed by atoms with Gasteiger partial charge in [0.25, 0.3) is 11.8 Å². The fourth-order valence-corrected chi connectivity index (χ4v) is 3.28. The second-order valence-corrected chi connectivity index (χ2v) is 6.74. The lowest BCUT2D eigenvalue weighted by atomic mass is 10.1. The summed E-state index contributed by atoms with van der Waals surface area (Å²) in [6.45, 7) is 3.48. The molecule has 7 heteroatoms. The first-order valence-corrected chi connectivity index (χ1v) is 8.39. The second kappa shape index (κ2) is 7.81. The molecule has 0 aliphatic carbocycles. The SMILES string of the molecule is Cc1ccc(OCC(=O)Nc2sc(C(=O)N(C)C)c(C)c2C#N)cc1. The van der Waals surface area contributed by atoms with E-state index in [0.717, 1.165) is 16.9 Å². The van der Waals surface area contributed by atoms with Crippen molar-refractivity contribution in [2.45, 2.75) is 13.8 Å². The standard InChI is InChI=1S/C18H19N3O3S/c1-11-5-7-13(8-6-11)24-10-15(22)20-17-14(9-19)12(2)16(25-17)18(23)21(3)4/h5-8H,10H2,1-4H3,(H,20,22). The van der Waals surface area contributed by atoms with Gasteiger partial charge >= 0.3 is 0 Å². The molecule has 1 aromatic carbocycles. The molecule has 6 nitrogen and oxygen atoms in total. The highest BCUT2D eigenvalue weighted by Gasteiger charge is 2.22. The molecule has 0 bridgehead atoms. The van der Waals surface area contributed by atoms with Crippen molar-refractivity contribution in [2.75, 3.05) is 26.0 Å². The normalized spacial score (nSPS) is 10.0. The Morgan fingerprint density at radius 2 is 1.88 bits per heavy atom. The zero-order chi connectivity index (χ0) is 18.6. The van der Waals surface area contributed by atoms with E-state index < -0.39 is 0 Å². The molecule has 0 aliphatic heterocycles. The molecule has 1 N–H and O–H groups in total. The van der Waals surface area contributed by atoms with Crippen molar-refractivity contribution in [1.29, 1.82) is 5.26 Å². The van der Waals surface area contributed by atoms with E-state index in [4.69, 9.17) is 4.74 Å². The maximum Gasteiger partial charge on any atom is 0.263 e. The average Bonchev–Trinajstić information content (AvgIpc) is 2.88. The van der Waals surface area contributed by atoms with E-state index in [1.807, 2.05) is 25.1 Å². The smallest absolute Gasteiger partial charge is 0.263 e. The molecule has 0 saturated heterocycles. The summed E-state index contributed by atoms with van der Waals surface area (Å²) in [6.07, 6.45) is 0. The molecule has 0 aliphatic rings. The van der Waals surface area contributed by atoms with Crippen LogP contribution in [0.4, 0.5) is 5.00 Å². The number of nitriles is 1. The van der Waals surface area contributed by atoms with Gasteiger partial charge in [0.05, 0.1) is 10.4 Å². The van der Waals surface area contributed by atoms with Gasteiger partial charge in [-0.1, -0.05) is 17.7 Å². The van der Waals surface area contributed by atoms with Crippen LogP contribution in [0.3, 0.4) is 0 Å². The summed E-state index contributed by atoms with van der Waals surface area (Å²) in [5, 5.41) is 12.4. The summed E-state index contributed by atoms with van der Waals surface area (Å²) < 4.78 is 5.43. The van der Waals surface area contributed by atoms with Crippen molar-refractivity contribution in [3.05, 3.63) is 45.8 Å². The number of nitrogens with zero attached hydrogens (tertiary/aromatic N) is 2. The number of thiophene rings is 1. The Morgan fingerprint density at radius 3 is 2.44 bits per heavy atom. The molecule has 2 rings (SSSR count). The van der Waals surface area contributed by atoms with Gasteiger partial charge in [-0.15, -0.1) is 11.3 Å². The summed E-state index contributed by atoms with van der Waals surface area (Å²) >= 11 is 1.10. The molecule has 1 heterocycles. The molecule has 0 saturated carbocycles. The predicted octanol–water partition coefficient (Wildman–Crippen LogP) is 2.96. The summed E-state index contributed by atoms with van der Waals surface area (Å²) in [7, 11) is 3.28. The molecule has 0 spiro atoms.